The van der Waals surface area contributed by atoms with E-state index in [1.165, 1.54) is 9.99 Å². The zero-order valence-corrected chi connectivity index (χ0v) is 20.0. The number of carbonyl (C=O) groups excluding carboxylic acids is 1. The molecule has 0 bridgehead atoms. The summed E-state index contributed by atoms with van der Waals surface area (Å²) in [6, 6.07) is 13.5. The smallest absolute Gasteiger partial charge is 0.252 e. The molecule has 1 amide bonds. The maximum atomic E-state index is 13.1. The Hall–Kier alpha value is -1.61. The first kappa shape index (κ1) is 22.6. The Balaban J connectivity index is 1.30. The molecule has 2 aliphatic heterocycles. The number of para-hydroxylation sites is 1. The summed E-state index contributed by atoms with van der Waals surface area (Å²) < 4.78 is 27.9. The molecule has 1 aromatic heterocycles. The molecule has 6 nitrogen and oxygen atoms in total. The number of sulfonamides is 1. The van der Waals surface area contributed by atoms with Crippen molar-refractivity contribution in [2.24, 2.45) is 11.8 Å². The number of hydrogen-bond acceptors (Lipinski definition) is 5. The normalized spacial score (nSPS) is 20.1. The molecule has 31 heavy (non-hydrogen) atoms. The van der Waals surface area contributed by atoms with Crippen molar-refractivity contribution in [2.75, 3.05) is 44.2 Å². The zero-order valence-electron chi connectivity index (χ0n) is 17.6. The van der Waals surface area contributed by atoms with Crippen molar-refractivity contribution < 1.29 is 13.2 Å². The summed E-state index contributed by atoms with van der Waals surface area (Å²) in [6.45, 7) is 6.02. The third kappa shape index (κ3) is 4.92. The van der Waals surface area contributed by atoms with Crippen molar-refractivity contribution >= 4 is 44.6 Å². The second kappa shape index (κ2) is 9.48. The molecule has 2 saturated heterocycles. The summed E-state index contributed by atoms with van der Waals surface area (Å²) in [4.78, 5) is 17.4. The average molecular weight is 482 g/mol. The molecule has 2 fully saturated rings. The van der Waals surface area contributed by atoms with E-state index in [2.05, 4.69) is 17.0 Å². The van der Waals surface area contributed by atoms with Crippen molar-refractivity contribution in [3.8, 4) is 0 Å². The van der Waals surface area contributed by atoms with E-state index in [1.807, 2.05) is 30.0 Å². The average Bonchev–Trinajstić information content (AvgIpc) is 3.26. The van der Waals surface area contributed by atoms with Crippen LogP contribution in [0.4, 0.5) is 5.69 Å². The van der Waals surface area contributed by atoms with Crippen LogP contribution >= 0.6 is 22.9 Å². The number of benzene rings is 1. The van der Waals surface area contributed by atoms with Gasteiger partial charge in [-0.3, -0.25) is 4.79 Å². The van der Waals surface area contributed by atoms with Gasteiger partial charge in [0.25, 0.3) is 10.0 Å². The van der Waals surface area contributed by atoms with E-state index in [0.29, 0.717) is 30.3 Å². The summed E-state index contributed by atoms with van der Waals surface area (Å²) in [5.41, 5.74) is 1.20. The lowest BCUT2D eigenvalue weighted by atomic mass is 9.85. The van der Waals surface area contributed by atoms with Gasteiger partial charge in [-0.25, -0.2) is 8.42 Å². The van der Waals surface area contributed by atoms with Gasteiger partial charge in [0.2, 0.25) is 5.91 Å². The van der Waals surface area contributed by atoms with E-state index >= 15 is 0 Å². The summed E-state index contributed by atoms with van der Waals surface area (Å²) >= 11 is 7.00. The van der Waals surface area contributed by atoms with E-state index in [9.17, 15) is 13.2 Å². The molecule has 1 unspecified atom stereocenters. The Morgan fingerprint density at radius 2 is 1.65 bits per heavy atom. The predicted octanol–water partition coefficient (Wildman–Crippen LogP) is 3.79. The molecular weight excluding hydrogens is 454 g/mol. The van der Waals surface area contributed by atoms with Crippen LogP contribution in [0.3, 0.4) is 0 Å². The van der Waals surface area contributed by atoms with Crippen LogP contribution in [0.1, 0.15) is 19.8 Å². The van der Waals surface area contributed by atoms with Crippen LogP contribution < -0.4 is 4.90 Å². The van der Waals surface area contributed by atoms with Gasteiger partial charge in [0, 0.05) is 50.9 Å². The summed E-state index contributed by atoms with van der Waals surface area (Å²) in [7, 11) is -3.50. The largest absolute Gasteiger partial charge is 0.368 e. The molecule has 168 valence electrons. The molecule has 0 N–H and O–H groups in total. The molecule has 3 heterocycles. The number of halogens is 1. The minimum Gasteiger partial charge on any atom is -0.368 e. The molecule has 0 spiro atoms. The summed E-state index contributed by atoms with van der Waals surface area (Å²) in [5.74, 6) is 0.307. The first-order valence-electron chi connectivity index (χ1n) is 10.7. The number of hydrogen-bond donors (Lipinski definition) is 0. The number of thiophene rings is 1. The van der Waals surface area contributed by atoms with Gasteiger partial charge >= 0.3 is 0 Å². The number of rotatable bonds is 5. The van der Waals surface area contributed by atoms with Gasteiger partial charge in [-0.05, 0) is 43.0 Å². The molecule has 9 heteroatoms. The fourth-order valence-corrected chi connectivity index (χ4v) is 7.60. The van der Waals surface area contributed by atoms with Crippen LogP contribution in [0.5, 0.6) is 0 Å². The second-order valence-electron chi connectivity index (χ2n) is 8.24. The highest BCUT2D eigenvalue weighted by atomic mass is 35.5. The second-order valence-corrected chi connectivity index (χ2v) is 12.1. The lowest BCUT2D eigenvalue weighted by Gasteiger charge is -2.39. The van der Waals surface area contributed by atoms with E-state index in [1.54, 1.807) is 12.1 Å². The first-order valence-corrected chi connectivity index (χ1v) is 13.3. The molecule has 2 aliphatic rings. The summed E-state index contributed by atoms with van der Waals surface area (Å²) in [5, 5.41) is 0. The molecule has 2 aromatic rings. The van der Waals surface area contributed by atoms with Crippen molar-refractivity contribution in [1.82, 2.24) is 9.21 Å². The Morgan fingerprint density at radius 1 is 1.00 bits per heavy atom. The number of anilines is 1. The van der Waals surface area contributed by atoms with Gasteiger partial charge < -0.3 is 9.80 Å². The minimum absolute atomic E-state index is 0.0932. The third-order valence-electron chi connectivity index (χ3n) is 6.45. The van der Waals surface area contributed by atoms with Crippen LogP contribution in [0.25, 0.3) is 0 Å². The van der Waals surface area contributed by atoms with E-state index in [0.717, 1.165) is 37.5 Å². The standard InChI is InChI=1S/C22H28ClN3O3S2/c1-17(22(27)25-15-13-24(14-16-25)19-5-3-2-4-6-19)18-9-11-26(12-10-18)31(28,29)21-8-7-20(23)30-21/h2-8,17-18H,9-16H2,1H3. The molecule has 1 atom stereocenters. The minimum atomic E-state index is -3.50. The van der Waals surface area contributed by atoms with E-state index < -0.39 is 10.0 Å². The number of nitrogens with zero attached hydrogens (tertiary/aromatic N) is 3. The fraction of sp³-hybridized carbons (Fsp3) is 0.500. The van der Waals surface area contributed by atoms with Gasteiger partial charge in [0.15, 0.2) is 0 Å². The third-order valence-corrected chi connectivity index (χ3v) is 10.0. The van der Waals surface area contributed by atoms with Crippen molar-refractivity contribution in [1.29, 1.82) is 0 Å². The molecule has 0 radical (unpaired) electrons. The molecular formula is C22H28ClN3O3S2. The quantitative estimate of drug-likeness (QED) is 0.652. The highest BCUT2D eigenvalue weighted by Crippen LogP contribution is 2.33. The maximum Gasteiger partial charge on any atom is 0.252 e. The topological polar surface area (TPSA) is 60.9 Å². The van der Waals surface area contributed by atoms with Gasteiger partial charge in [0.1, 0.15) is 4.21 Å². The highest BCUT2D eigenvalue weighted by Gasteiger charge is 2.36. The molecule has 0 saturated carbocycles. The van der Waals surface area contributed by atoms with Crippen LogP contribution in [-0.2, 0) is 14.8 Å². The zero-order chi connectivity index (χ0) is 22.0. The Labute approximate surface area is 193 Å². The van der Waals surface area contributed by atoms with Crippen LogP contribution in [0, 0.1) is 11.8 Å². The predicted molar refractivity (Wildman–Crippen MR) is 125 cm³/mol. The van der Waals surface area contributed by atoms with Gasteiger partial charge in [0.05, 0.1) is 4.34 Å². The molecule has 4 rings (SSSR count). The number of piperazine rings is 1. The maximum absolute atomic E-state index is 13.1. The highest BCUT2D eigenvalue weighted by molar-refractivity contribution is 7.91. The van der Waals surface area contributed by atoms with E-state index in [-0.39, 0.29) is 22.0 Å². The number of carbonyl (C=O) groups is 1. The molecule has 0 aliphatic carbocycles. The van der Waals surface area contributed by atoms with Crippen LogP contribution in [0.15, 0.2) is 46.7 Å². The van der Waals surface area contributed by atoms with E-state index in [4.69, 9.17) is 11.6 Å². The Morgan fingerprint density at radius 3 is 2.23 bits per heavy atom. The Bertz CT molecular complexity index is 996. The number of amides is 1. The lowest BCUT2D eigenvalue weighted by molar-refractivity contribution is -0.137. The summed E-state index contributed by atoms with van der Waals surface area (Å²) in [6.07, 6.45) is 1.41. The number of piperidine rings is 1. The fourth-order valence-electron chi connectivity index (χ4n) is 4.49. The van der Waals surface area contributed by atoms with Crippen molar-refractivity contribution in [2.45, 2.75) is 24.0 Å². The first-order chi connectivity index (χ1) is 14.9. The van der Waals surface area contributed by atoms with Gasteiger partial charge in [-0.1, -0.05) is 36.7 Å². The van der Waals surface area contributed by atoms with Gasteiger partial charge in [-0.2, -0.15) is 4.31 Å². The Kier molecular flexibility index (Phi) is 6.91. The monoisotopic (exact) mass is 481 g/mol. The van der Waals surface area contributed by atoms with Crippen molar-refractivity contribution in [3.63, 3.8) is 0 Å². The SMILES string of the molecule is CC(C(=O)N1CCN(c2ccccc2)CC1)C1CCN(S(=O)(=O)c2ccc(Cl)s2)CC1. The van der Waals surface area contributed by atoms with Crippen LogP contribution in [-0.4, -0.2) is 62.8 Å². The van der Waals surface area contributed by atoms with Gasteiger partial charge in [-0.15, -0.1) is 11.3 Å². The van der Waals surface area contributed by atoms with Crippen LogP contribution in [0.2, 0.25) is 4.34 Å². The lowest BCUT2D eigenvalue weighted by Crippen LogP contribution is -2.51. The molecule has 1 aromatic carbocycles. The van der Waals surface area contributed by atoms with Crippen molar-refractivity contribution in [3.05, 3.63) is 46.8 Å².